The number of para-hydroxylation sites is 1. The molecule has 7 nitrogen and oxygen atoms in total. The second-order valence-corrected chi connectivity index (χ2v) is 9.39. The van der Waals surface area contributed by atoms with Gasteiger partial charge in [0.2, 0.25) is 0 Å². The Morgan fingerprint density at radius 3 is 2.68 bits per heavy atom. The minimum absolute atomic E-state index is 0.0377. The monoisotopic (exact) mass is 487 g/mol. The van der Waals surface area contributed by atoms with E-state index in [1.165, 1.54) is 0 Å². The molecule has 0 spiro atoms. The fourth-order valence-electron chi connectivity index (χ4n) is 4.46. The van der Waals surface area contributed by atoms with Gasteiger partial charge in [0.1, 0.15) is 0 Å². The van der Waals surface area contributed by atoms with Gasteiger partial charge in [-0.15, -0.1) is 0 Å². The van der Waals surface area contributed by atoms with E-state index in [0.29, 0.717) is 6.54 Å². The topological polar surface area (TPSA) is 63.8 Å². The molecular weight excluding hydrogens is 446 g/mol. The van der Waals surface area contributed by atoms with Crippen LogP contribution in [0.1, 0.15) is 37.8 Å². The van der Waals surface area contributed by atoms with Crippen LogP contribution >= 0.6 is 12.2 Å². The van der Waals surface area contributed by atoms with Gasteiger partial charge >= 0.3 is 0 Å². The summed E-state index contributed by atoms with van der Waals surface area (Å²) in [6, 6.07) is 8.11. The summed E-state index contributed by atoms with van der Waals surface area (Å²) in [5.74, 6) is 0. The van der Waals surface area contributed by atoms with E-state index in [1.54, 1.807) is 0 Å². The number of thiocarbonyl (C=S) groups is 1. The van der Waals surface area contributed by atoms with E-state index in [4.69, 9.17) is 17.0 Å². The summed E-state index contributed by atoms with van der Waals surface area (Å²) < 4.78 is 5.46. The zero-order valence-corrected chi connectivity index (χ0v) is 21.9. The standard InChI is InChI=1S/C26H41N5O2S/c1-4-29(5-2)12-7-11-27-26(34)31(14-8-13-30-15-17-33-18-16-30)20-23-19-22-10-6-9-21(3)24(22)28-25(23)32/h6,9-10,19H,4-5,7-8,11-18,20H2,1-3H3,(H,27,34)(H,28,32). The summed E-state index contributed by atoms with van der Waals surface area (Å²) in [5, 5.41) is 5.23. The number of aromatic nitrogens is 1. The van der Waals surface area contributed by atoms with Crippen LogP contribution in [0, 0.1) is 6.92 Å². The van der Waals surface area contributed by atoms with Crippen molar-refractivity contribution in [3.05, 3.63) is 45.7 Å². The maximum absolute atomic E-state index is 12.9. The Hall–Kier alpha value is -2.00. The summed E-state index contributed by atoms with van der Waals surface area (Å²) in [5.41, 5.74) is 2.70. The molecule has 0 unspecified atom stereocenters. The lowest BCUT2D eigenvalue weighted by atomic mass is 10.1. The molecule has 0 saturated carbocycles. The third-order valence-corrected chi connectivity index (χ3v) is 7.04. The quantitative estimate of drug-likeness (QED) is 0.353. The van der Waals surface area contributed by atoms with Gasteiger partial charge in [-0.05, 0) is 68.6 Å². The van der Waals surface area contributed by atoms with Gasteiger partial charge in [-0.1, -0.05) is 32.0 Å². The molecular formula is C26H41N5O2S. The zero-order valence-electron chi connectivity index (χ0n) is 21.1. The molecule has 1 aromatic carbocycles. The first-order valence-electron chi connectivity index (χ1n) is 12.7. The van der Waals surface area contributed by atoms with E-state index in [0.717, 1.165) is 106 Å². The van der Waals surface area contributed by atoms with Crippen molar-refractivity contribution in [2.45, 2.75) is 40.2 Å². The molecule has 2 heterocycles. The van der Waals surface area contributed by atoms with Crippen molar-refractivity contribution < 1.29 is 4.74 Å². The molecule has 1 saturated heterocycles. The van der Waals surface area contributed by atoms with Crippen LogP contribution in [-0.4, -0.2) is 90.4 Å². The van der Waals surface area contributed by atoms with E-state index in [9.17, 15) is 4.79 Å². The van der Waals surface area contributed by atoms with Crippen LogP contribution in [0.15, 0.2) is 29.1 Å². The van der Waals surface area contributed by atoms with Gasteiger partial charge in [0.25, 0.3) is 5.56 Å². The van der Waals surface area contributed by atoms with Gasteiger partial charge in [-0.25, -0.2) is 0 Å². The third-order valence-electron chi connectivity index (χ3n) is 6.64. The average molecular weight is 488 g/mol. The molecule has 34 heavy (non-hydrogen) atoms. The largest absolute Gasteiger partial charge is 0.379 e. The highest BCUT2D eigenvalue weighted by molar-refractivity contribution is 7.80. The number of pyridine rings is 1. The van der Waals surface area contributed by atoms with Gasteiger partial charge in [-0.3, -0.25) is 9.69 Å². The Labute approximate surface area is 209 Å². The van der Waals surface area contributed by atoms with Crippen molar-refractivity contribution in [2.24, 2.45) is 0 Å². The first-order chi connectivity index (χ1) is 16.5. The molecule has 1 aromatic heterocycles. The predicted molar refractivity (Wildman–Crippen MR) is 145 cm³/mol. The molecule has 1 aliphatic heterocycles. The number of ether oxygens (including phenoxy) is 1. The van der Waals surface area contributed by atoms with Crippen LogP contribution < -0.4 is 10.9 Å². The van der Waals surface area contributed by atoms with E-state index >= 15 is 0 Å². The number of H-pyrrole nitrogens is 1. The summed E-state index contributed by atoms with van der Waals surface area (Å²) in [6.07, 6.45) is 2.03. The highest BCUT2D eigenvalue weighted by Crippen LogP contribution is 2.16. The van der Waals surface area contributed by atoms with E-state index in [-0.39, 0.29) is 5.56 Å². The second kappa shape index (κ2) is 13.8. The van der Waals surface area contributed by atoms with Gasteiger partial charge in [0.15, 0.2) is 5.11 Å². The van der Waals surface area contributed by atoms with Crippen molar-refractivity contribution in [1.29, 1.82) is 0 Å². The SMILES string of the molecule is CCN(CC)CCCNC(=S)N(CCCN1CCOCC1)Cc1cc2cccc(C)c2[nH]c1=O. The Morgan fingerprint density at radius 2 is 1.94 bits per heavy atom. The van der Waals surface area contributed by atoms with Crippen LogP contribution in [0.2, 0.25) is 0 Å². The normalized spacial score (nSPS) is 14.6. The number of nitrogens with zero attached hydrogens (tertiary/aromatic N) is 3. The minimum Gasteiger partial charge on any atom is -0.379 e. The fraction of sp³-hybridized carbons (Fsp3) is 0.615. The Bertz CT molecular complexity index is 969. The van der Waals surface area contributed by atoms with Gasteiger partial charge in [0.05, 0.1) is 25.3 Å². The Morgan fingerprint density at radius 1 is 1.18 bits per heavy atom. The lowest BCUT2D eigenvalue weighted by Gasteiger charge is -2.29. The fourth-order valence-corrected chi connectivity index (χ4v) is 4.72. The third kappa shape index (κ3) is 7.77. The zero-order chi connectivity index (χ0) is 24.3. The first kappa shape index (κ1) is 26.6. The first-order valence-corrected chi connectivity index (χ1v) is 13.1. The molecule has 0 bridgehead atoms. The number of benzene rings is 1. The van der Waals surface area contributed by atoms with E-state index in [2.05, 4.69) is 38.8 Å². The molecule has 1 fully saturated rings. The number of nitrogens with one attached hydrogen (secondary N) is 2. The molecule has 3 rings (SSSR count). The van der Waals surface area contributed by atoms with Crippen LogP contribution in [-0.2, 0) is 11.3 Å². The number of hydrogen-bond donors (Lipinski definition) is 2. The average Bonchev–Trinajstić information content (AvgIpc) is 2.85. The van der Waals surface area contributed by atoms with Crippen LogP contribution in [0.3, 0.4) is 0 Å². The Kier molecular flexibility index (Phi) is 10.8. The maximum Gasteiger partial charge on any atom is 0.253 e. The second-order valence-electron chi connectivity index (χ2n) is 9.00. The maximum atomic E-state index is 12.9. The molecule has 188 valence electrons. The van der Waals surface area contributed by atoms with E-state index in [1.807, 2.05) is 31.2 Å². The van der Waals surface area contributed by atoms with Crippen molar-refractivity contribution >= 4 is 28.2 Å². The number of aromatic amines is 1. The molecule has 0 radical (unpaired) electrons. The van der Waals surface area contributed by atoms with Crippen molar-refractivity contribution in [1.82, 2.24) is 25.0 Å². The van der Waals surface area contributed by atoms with Crippen LogP contribution in [0.4, 0.5) is 0 Å². The molecule has 8 heteroatoms. The number of fused-ring (bicyclic) bond motifs is 1. The molecule has 0 aliphatic carbocycles. The molecule has 0 amide bonds. The van der Waals surface area contributed by atoms with Crippen molar-refractivity contribution in [2.75, 3.05) is 65.6 Å². The molecule has 2 N–H and O–H groups in total. The molecule has 1 aliphatic rings. The minimum atomic E-state index is -0.0377. The van der Waals surface area contributed by atoms with Gasteiger partial charge in [-0.2, -0.15) is 0 Å². The lowest BCUT2D eigenvalue weighted by Crippen LogP contribution is -2.43. The molecule has 2 aromatic rings. The number of rotatable bonds is 12. The van der Waals surface area contributed by atoms with Crippen molar-refractivity contribution in [3.8, 4) is 0 Å². The van der Waals surface area contributed by atoms with Crippen LogP contribution in [0.25, 0.3) is 10.9 Å². The van der Waals surface area contributed by atoms with Gasteiger partial charge in [0, 0.05) is 38.3 Å². The molecule has 0 atom stereocenters. The van der Waals surface area contributed by atoms with E-state index < -0.39 is 0 Å². The number of morpholine rings is 1. The number of aryl methyl sites for hydroxylation is 1. The smallest absolute Gasteiger partial charge is 0.253 e. The lowest BCUT2D eigenvalue weighted by molar-refractivity contribution is 0.0367. The summed E-state index contributed by atoms with van der Waals surface area (Å²) in [6.45, 7) is 16.4. The summed E-state index contributed by atoms with van der Waals surface area (Å²) >= 11 is 5.80. The van der Waals surface area contributed by atoms with Gasteiger partial charge < -0.3 is 24.8 Å². The van der Waals surface area contributed by atoms with Crippen LogP contribution in [0.5, 0.6) is 0 Å². The highest BCUT2D eigenvalue weighted by atomic mass is 32.1. The Balaban J connectivity index is 1.65. The summed E-state index contributed by atoms with van der Waals surface area (Å²) in [4.78, 5) is 23.0. The summed E-state index contributed by atoms with van der Waals surface area (Å²) in [7, 11) is 0. The number of hydrogen-bond acceptors (Lipinski definition) is 5. The highest BCUT2D eigenvalue weighted by Gasteiger charge is 2.15. The van der Waals surface area contributed by atoms with Crippen molar-refractivity contribution in [3.63, 3.8) is 0 Å². The predicted octanol–water partition coefficient (Wildman–Crippen LogP) is 2.97.